The number of nitrogens with one attached hydrogen (secondary N) is 2. The number of aromatic amines is 1. The van der Waals surface area contributed by atoms with E-state index in [1.54, 1.807) is 0 Å². The second-order valence-corrected chi connectivity index (χ2v) is 4.76. The highest BCUT2D eigenvalue weighted by Gasteiger charge is 1.94. The molecule has 0 atom stereocenters. The van der Waals surface area contributed by atoms with Crippen LogP contribution < -0.4 is 5.32 Å². The maximum Gasteiger partial charge on any atom is 0.0532 e. The van der Waals surface area contributed by atoms with E-state index in [0.29, 0.717) is 0 Å². The van der Waals surface area contributed by atoms with Gasteiger partial charge in [0.15, 0.2) is 0 Å². The molecule has 3 nitrogen and oxygen atoms in total. The van der Waals surface area contributed by atoms with Gasteiger partial charge in [-0.25, -0.2) is 0 Å². The van der Waals surface area contributed by atoms with Crippen molar-refractivity contribution in [3.8, 4) is 0 Å². The predicted molar refractivity (Wildman–Crippen MR) is 72.9 cm³/mol. The second kappa shape index (κ2) is 10.3. The lowest BCUT2D eigenvalue weighted by molar-refractivity contribution is 0.555. The average Bonchev–Trinajstić information content (AvgIpc) is 2.85. The van der Waals surface area contributed by atoms with Crippen LogP contribution in [0.25, 0.3) is 0 Å². The molecular formula is C14H27N3. The van der Waals surface area contributed by atoms with Crippen molar-refractivity contribution in [1.82, 2.24) is 15.5 Å². The Morgan fingerprint density at radius 2 is 1.76 bits per heavy atom. The molecule has 0 saturated carbocycles. The van der Waals surface area contributed by atoms with Gasteiger partial charge in [0, 0.05) is 18.3 Å². The van der Waals surface area contributed by atoms with Crippen molar-refractivity contribution in [2.75, 3.05) is 6.54 Å². The Bertz CT molecular complexity index is 244. The molecule has 0 radical (unpaired) electrons. The Balaban J connectivity index is 1.76. The Morgan fingerprint density at radius 3 is 2.41 bits per heavy atom. The Morgan fingerprint density at radius 1 is 1.06 bits per heavy atom. The third-order valence-corrected chi connectivity index (χ3v) is 3.09. The highest BCUT2D eigenvalue weighted by Crippen LogP contribution is 2.07. The molecule has 0 aliphatic heterocycles. The molecule has 0 unspecified atom stereocenters. The summed E-state index contributed by atoms with van der Waals surface area (Å²) in [6.45, 7) is 4.33. The van der Waals surface area contributed by atoms with Gasteiger partial charge in [-0.15, -0.1) is 0 Å². The van der Waals surface area contributed by atoms with E-state index in [0.717, 1.165) is 13.1 Å². The van der Waals surface area contributed by atoms with Crippen LogP contribution in [0.2, 0.25) is 0 Å². The largest absolute Gasteiger partial charge is 0.313 e. The minimum Gasteiger partial charge on any atom is -0.313 e. The average molecular weight is 237 g/mol. The quantitative estimate of drug-likeness (QED) is 0.577. The molecule has 0 amide bonds. The molecule has 0 saturated heterocycles. The fourth-order valence-corrected chi connectivity index (χ4v) is 1.99. The zero-order valence-electron chi connectivity index (χ0n) is 11.2. The van der Waals surface area contributed by atoms with Crippen LogP contribution >= 0.6 is 0 Å². The summed E-state index contributed by atoms with van der Waals surface area (Å²) in [5.74, 6) is 0. The lowest BCUT2D eigenvalue weighted by atomic mass is 10.1. The normalized spacial score (nSPS) is 10.9. The molecule has 1 heterocycles. The van der Waals surface area contributed by atoms with Crippen molar-refractivity contribution in [2.45, 2.75) is 64.8 Å². The van der Waals surface area contributed by atoms with Gasteiger partial charge in [0.2, 0.25) is 0 Å². The molecule has 0 aliphatic carbocycles. The number of unbranched alkanes of at least 4 members (excludes halogenated alkanes) is 7. The highest BCUT2D eigenvalue weighted by molar-refractivity contribution is 5.01. The number of hydrogen-bond acceptors (Lipinski definition) is 2. The fourth-order valence-electron chi connectivity index (χ4n) is 1.99. The molecule has 0 aliphatic rings. The van der Waals surface area contributed by atoms with Gasteiger partial charge in [0.25, 0.3) is 0 Å². The fraction of sp³-hybridized carbons (Fsp3) is 0.786. The van der Waals surface area contributed by atoms with Crippen molar-refractivity contribution in [3.63, 3.8) is 0 Å². The van der Waals surface area contributed by atoms with Gasteiger partial charge >= 0.3 is 0 Å². The molecule has 1 aromatic rings. The van der Waals surface area contributed by atoms with Gasteiger partial charge in [0.05, 0.1) is 6.20 Å². The van der Waals surface area contributed by atoms with Gasteiger partial charge < -0.3 is 5.32 Å². The molecule has 3 heteroatoms. The lowest BCUT2D eigenvalue weighted by Crippen LogP contribution is -2.14. The van der Waals surface area contributed by atoms with E-state index in [1.807, 2.05) is 12.4 Å². The van der Waals surface area contributed by atoms with Crippen LogP contribution in [-0.2, 0) is 6.54 Å². The molecule has 17 heavy (non-hydrogen) atoms. The van der Waals surface area contributed by atoms with Crippen LogP contribution in [0.3, 0.4) is 0 Å². The third-order valence-electron chi connectivity index (χ3n) is 3.09. The van der Waals surface area contributed by atoms with E-state index < -0.39 is 0 Å². The molecule has 98 valence electrons. The number of rotatable bonds is 11. The number of nitrogens with zero attached hydrogens (tertiary/aromatic N) is 1. The first kappa shape index (κ1) is 14.2. The minimum atomic E-state index is 0.938. The lowest BCUT2D eigenvalue weighted by Gasteiger charge is -2.03. The molecule has 0 aromatic carbocycles. The van der Waals surface area contributed by atoms with Crippen LogP contribution in [0, 0.1) is 0 Å². The van der Waals surface area contributed by atoms with E-state index in [2.05, 4.69) is 22.4 Å². The molecule has 0 spiro atoms. The summed E-state index contributed by atoms with van der Waals surface area (Å²) in [4.78, 5) is 0. The predicted octanol–water partition coefficient (Wildman–Crippen LogP) is 3.64. The van der Waals surface area contributed by atoms with Gasteiger partial charge in [-0.3, -0.25) is 5.10 Å². The third kappa shape index (κ3) is 7.97. The summed E-state index contributed by atoms with van der Waals surface area (Å²) < 4.78 is 0. The molecule has 0 bridgehead atoms. The maximum atomic E-state index is 3.92. The van der Waals surface area contributed by atoms with Gasteiger partial charge in [-0.05, 0) is 13.0 Å². The summed E-state index contributed by atoms with van der Waals surface area (Å²) in [7, 11) is 0. The number of aromatic nitrogens is 2. The standard InChI is InChI=1S/C14H27N3/c1-2-3-4-5-6-7-8-9-10-15-11-14-12-16-17-13-14/h12-13,15H,2-11H2,1H3,(H,16,17). The van der Waals surface area contributed by atoms with Gasteiger partial charge in [-0.2, -0.15) is 5.10 Å². The molecular weight excluding hydrogens is 210 g/mol. The van der Waals surface area contributed by atoms with Crippen molar-refractivity contribution in [2.24, 2.45) is 0 Å². The van der Waals surface area contributed by atoms with Gasteiger partial charge in [0.1, 0.15) is 0 Å². The molecule has 1 aromatic heterocycles. The smallest absolute Gasteiger partial charge is 0.0532 e. The van der Waals surface area contributed by atoms with Crippen LogP contribution in [0.1, 0.15) is 63.9 Å². The summed E-state index contributed by atoms with van der Waals surface area (Å²) in [6, 6.07) is 0. The van der Waals surface area contributed by atoms with Gasteiger partial charge in [-0.1, -0.05) is 51.9 Å². The monoisotopic (exact) mass is 237 g/mol. The van der Waals surface area contributed by atoms with Crippen LogP contribution in [0.5, 0.6) is 0 Å². The summed E-state index contributed by atoms with van der Waals surface area (Å²) in [5, 5.41) is 10.2. The topological polar surface area (TPSA) is 40.7 Å². The number of hydrogen-bond donors (Lipinski definition) is 2. The van der Waals surface area contributed by atoms with Crippen molar-refractivity contribution < 1.29 is 0 Å². The summed E-state index contributed by atoms with van der Waals surface area (Å²) >= 11 is 0. The SMILES string of the molecule is CCCCCCCCCCNCc1cn[nH]c1. The van der Waals surface area contributed by atoms with Crippen LogP contribution in [0.15, 0.2) is 12.4 Å². The van der Waals surface area contributed by atoms with E-state index >= 15 is 0 Å². The first-order chi connectivity index (χ1) is 8.43. The van der Waals surface area contributed by atoms with E-state index in [1.165, 1.54) is 56.9 Å². The first-order valence-corrected chi connectivity index (χ1v) is 7.12. The van der Waals surface area contributed by atoms with Crippen molar-refractivity contribution in [1.29, 1.82) is 0 Å². The molecule has 0 fully saturated rings. The zero-order valence-corrected chi connectivity index (χ0v) is 11.2. The molecule has 1 rings (SSSR count). The summed E-state index contributed by atoms with van der Waals surface area (Å²) in [5.41, 5.74) is 1.24. The first-order valence-electron chi connectivity index (χ1n) is 7.12. The van der Waals surface area contributed by atoms with E-state index in [4.69, 9.17) is 0 Å². The molecule has 2 N–H and O–H groups in total. The second-order valence-electron chi connectivity index (χ2n) is 4.76. The van der Waals surface area contributed by atoms with Crippen molar-refractivity contribution >= 4 is 0 Å². The van der Waals surface area contributed by atoms with Crippen molar-refractivity contribution in [3.05, 3.63) is 18.0 Å². The Labute approximate surface area is 105 Å². The van der Waals surface area contributed by atoms with E-state index in [-0.39, 0.29) is 0 Å². The summed E-state index contributed by atoms with van der Waals surface area (Å²) in [6.07, 6.45) is 14.9. The maximum absolute atomic E-state index is 3.92. The zero-order chi connectivity index (χ0) is 12.2. The van der Waals surface area contributed by atoms with E-state index in [9.17, 15) is 0 Å². The highest BCUT2D eigenvalue weighted by atomic mass is 15.1. The Kier molecular flexibility index (Phi) is 8.65. The Hall–Kier alpha value is -0.830. The van der Waals surface area contributed by atoms with Crippen LogP contribution in [0.4, 0.5) is 0 Å². The van der Waals surface area contributed by atoms with Crippen LogP contribution in [-0.4, -0.2) is 16.7 Å². The minimum absolute atomic E-state index is 0.938. The number of H-pyrrole nitrogens is 1.